The van der Waals surface area contributed by atoms with Gasteiger partial charge in [0.05, 0.1) is 34.5 Å². The molecule has 4 atom stereocenters. The number of fused-ring (bicyclic) bond motifs is 5. The molecule has 0 radical (unpaired) electrons. The van der Waals surface area contributed by atoms with Crippen molar-refractivity contribution < 1.29 is 19.1 Å². The van der Waals surface area contributed by atoms with E-state index >= 15 is 4.39 Å². The fourth-order valence-electron chi connectivity index (χ4n) is 8.59. The fourth-order valence-corrected chi connectivity index (χ4v) is 9.91. The number of anilines is 1. The van der Waals surface area contributed by atoms with Crippen molar-refractivity contribution in [2.75, 3.05) is 4.90 Å². The molecule has 1 saturated carbocycles. The maximum atomic E-state index is 15.1. The summed E-state index contributed by atoms with van der Waals surface area (Å²) in [6.07, 6.45) is 1.84. The Balaban J connectivity index is 1.20. The number of thiophene rings is 1. The molecule has 5 heterocycles. The molecule has 0 bridgehead atoms. The van der Waals surface area contributed by atoms with Crippen LogP contribution in [0.2, 0.25) is 5.02 Å². The Morgan fingerprint density at radius 2 is 1.77 bits per heavy atom. The number of aromatic nitrogens is 5. The number of imide groups is 1. The lowest BCUT2D eigenvalue weighted by Gasteiger charge is -2.47. The van der Waals surface area contributed by atoms with Crippen LogP contribution in [0.1, 0.15) is 36.4 Å². The first-order chi connectivity index (χ1) is 24.9. The molecule has 1 saturated heterocycles. The molecule has 1 N–H and O–H groups in total. The molecule has 9 rings (SSSR count). The third kappa shape index (κ3) is 4.32. The maximum Gasteiger partial charge on any atom is 0.352 e. The van der Waals surface area contributed by atoms with Gasteiger partial charge in [-0.2, -0.15) is 5.10 Å². The number of amides is 2. The highest BCUT2D eigenvalue weighted by atomic mass is 35.5. The zero-order chi connectivity index (χ0) is 36.4. The fraction of sp³-hybridized carbons (Fsp3) is 0.237. The molecule has 1 aliphatic carbocycles. The summed E-state index contributed by atoms with van der Waals surface area (Å²) in [5, 5.41) is 16.4. The number of hydrogen-bond donors (Lipinski definition) is 1. The second-order valence-electron chi connectivity index (χ2n) is 13.8. The summed E-state index contributed by atoms with van der Waals surface area (Å²) in [6, 6.07) is 19.1. The standard InChI is InChI=1S/C38H30ClFN6O5S/c1-19-24-16-21(39)10-12-30(24)52-33(19)27-18-31(42(3)41-27)45-34(48)25-17-28-23(32(38(25,2)35(45)49)20-9-11-29(47)26(40)15-20)13-14-43-36(50)44(37(51)46(28)43)22-7-5-4-6-8-22/h4-13,15-16,18,25,28,32,47H,14,17H2,1-3H3/t25-,28+,32-,38+/m0/s1. The Morgan fingerprint density at radius 1 is 1.00 bits per heavy atom. The van der Waals surface area contributed by atoms with Crippen molar-refractivity contribution in [3.8, 4) is 22.0 Å². The van der Waals surface area contributed by atoms with Crippen LogP contribution >= 0.6 is 22.9 Å². The lowest BCUT2D eigenvalue weighted by atomic mass is 9.56. The quantitative estimate of drug-likeness (QED) is 0.173. The number of nitrogens with zero attached hydrogens (tertiary/aromatic N) is 6. The molecule has 3 aliphatic rings. The van der Waals surface area contributed by atoms with Crippen molar-refractivity contribution in [3.63, 3.8) is 0 Å². The predicted octanol–water partition coefficient (Wildman–Crippen LogP) is 6.09. The summed E-state index contributed by atoms with van der Waals surface area (Å²) in [5.41, 5.74) is 0.373. The molecule has 2 fully saturated rings. The van der Waals surface area contributed by atoms with Crippen LogP contribution in [-0.4, -0.2) is 40.6 Å². The Bertz CT molecular complexity index is 2690. The molecule has 2 aliphatic heterocycles. The van der Waals surface area contributed by atoms with Gasteiger partial charge in [0, 0.05) is 28.8 Å². The Hall–Kier alpha value is -5.53. The number of aromatic hydroxyl groups is 1. The molecule has 14 heteroatoms. The largest absolute Gasteiger partial charge is 0.505 e. The summed E-state index contributed by atoms with van der Waals surface area (Å²) in [4.78, 5) is 59.5. The third-order valence-electron chi connectivity index (χ3n) is 11.1. The molecule has 2 amide bonds. The molecular weight excluding hydrogens is 707 g/mol. The van der Waals surface area contributed by atoms with Crippen LogP contribution in [0.25, 0.3) is 26.3 Å². The first kappa shape index (κ1) is 32.4. The first-order valence-electron chi connectivity index (χ1n) is 16.7. The number of phenols is 1. The van der Waals surface area contributed by atoms with E-state index < -0.39 is 58.1 Å². The number of halogens is 2. The van der Waals surface area contributed by atoms with E-state index in [1.165, 1.54) is 43.6 Å². The number of carbonyl (C=O) groups is 2. The van der Waals surface area contributed by atoms with Crippen LogP contribution in [0.3, 0.4) is 0 Å². The topological polar surface area (TPSA) is 124 Å². The summed E-state index contributed by atoms with van der Waals surface area (Å²) in [5.74, 6) is -4.00. The van der Waals surface area contributed by atoms with Gasteiger partial charge in [-0.15, -0.1) is 11.3 Å². The Morgan fingerprint density at radius 3 is 2.52 bits per heavy atom. The predicted molar refractivity (Wildman–Crippen MR) is 195 cm³/mol. The van der Waals surface area contributed by atoms with Gasteiger partial charge in [-0.3, -0.25) is 14.3 Å². The molecule has 0 unspecified atom stereocenters. The lowest BCUT2D eigenvalue weighted by molar-refractivity contribution is -0.129. The van der Waals surface area contributed by atoms with E-state index in [1.54, 1.807) is 56.4 Å². The van der Waals surface area contributed by atoms with E-state index in [2.05, 4.69) is 0 Å². The van der Waals surface area contributed by atoms with E-state index in [1.807, 2.05) is 25.1 Å². The summed E-state index contributed by atoms with van der Waals surface area (Å²) in [7, 11) is 1.67. The van der Waals surface area contributed by atoms with Crippen molar-refractivity contribution in [1.29, 1.82) is 0 Å². The van der Waals surface area contributed by atoms with Crippen molar-refractivity contribution in [3.05, 3.63) is 127 Å². The van der Waals surface area contributed by atoms with Gasteiger partial charge in [-0.1, -0.05) is 41.9 Å². The van der Waals surface area contributed by atoms with Crippen molar-refractivity contribution >= 4 is 50.7 Å². The number of hydrogen-bond acceptors (Lipinski definition) is 7. The number of phenolic OH excluding ortho intramolecular Hbond substituents is 1. The van der Waals surface area contributed by atoms with Gasteiger partial charge in [-0.05, 0) is 84.8 Å². The number of aryl methyl sites for hydroxylation is 2. The van der Waals surface area contributed by atoms with E-state index in [9.17, 15) is 24.3 Å². The number of benzene rings is 3. The minimum Gasteiger partial charge on any atom is -0.505 e. The van der Waals surface area contributed by atoms with Crippen molar-refractivity contribution in [2.24, 2.45) is 18.4 Å². The highest BCUT2D eigenvalue weighted by Gasteiger charge is 2.66. The summed E-state index contributed by atoms with van der Waals surface area (Å²) < 4.78 is 21.4. The summed E-state index contributed by atoms with van der Waals surface area (Å²) >= 11 is 7.82. The van der Waals surface area contributed by atoms with Crippen LogP contribution in [0.4, 0.5) is 10.2 Å². The van der Waals surface area contributed by atoms with Crippen LogP contribution < -0.4 is 16.3 Å². The second-order valence-corrected chi connectivity index (χ2v) is 15.3. The zero-order valence-corrected chi connectivity index (χ0v) is 29.7. The Labute approximate surface area is 304 Å². The minimum absolute atomic E-state index is 0.0220. The molecule has 262 valence electrons. The Kier molecular flexibility index (Phi) is 7.00. The van der Waals surface area contributed by atoms with Gasteiger partial charge < -0.3 is 5.11 Å². The van der Waals surface area contributed by atoms with Gasteiger partial charge >= 0.3 is 11.4 Å². The van der Waals surface area contributed by atoms with Gasteiger partial charge in [-0.25, -0.2) is 32.8 Å². The highest BCUT2D eigenvalue weighted by molar-refractivity contribution is 7.22. The normalized spacial score (nSPS) is 22.4. The van der Waals surface area contributed by atoms with Gasteiger partial charge in [0.1, 0.15) is 11.5 Å². The van der Waals surface area contributed by atoms with Crippen molar-refractivity contribution in [1.82, 2.24) is 23.7 Å². The zero-order valence-electron chi connectivity index (χ0n) is 28.1. The average molecular weight is 737 g/mol. The molecule has 3 aromatic heterocycles. The third-order valence-corrected chi connectivity index (χ3v) is 12.6. The SMILES string of the molecule is Cc1c(-c2cc(N3C(=O)[C@@H]4C[C@@H]5C(=CCn6c(=O)n(-c7ccccc7)c(=O)n65)[C@H](c5ccc(O)c(F)c5)[C@]4(C)C3=O)n(C)n2)sc2ccc(Cl)cc12. The van der Waals surface area contributed by atoms with Crippen molar-refractivity contribution in [2.45, 2.75) is 38.8 Å². The molecular formula is C38H30ClFN6O5S. The number of carbonyl (C=O) groups excluding carboxylic acids is 2. The molecule has 52 heavy (non-hydrogen) atoms. The number of para-hydroxylation sites is 1. The van der Waals surface area contributed by atoms with Gasteiger partial charge in [0.15, 0.2) is 11.6 Å². The van der Waals surface area contributed by atoms with E-state index in [-0.39, 0.29) is 18.8 Å². The summed E-state index contributed by atoms with van der Waals surface area (Å²) in [6.45, 7) is 3.71. The highest BCUT2D eigenvalue weighted by Crippen LogP contribution is 2.61. The molecule has 0 spiro atoms. The second kappa shape index (κ2) is 11.2. The minimum atomic E-state index is -1.42. The first-order valence-corrected chi connectivity index (χ1v) is 17.9. The van der Waals surface area contributed by atoms with E-state index in [4.69, 9.17) is 16.7 Å². The van der Waals surface area contributed by atoms with E-state index in [0.29, 0.717) is 27.5 Å². The number of allylic oxidation sites excluding steroid dienone is 2. The van der Waals surface area contributed by atoms with Gasteiger partial charge in [0.25, 0.3) is 0 Å². The van der Waals surface area contributed by atoms with Crippen LogP contribution in [0.5, 0.6) is 5.75 Å². The van der Waals surface area contributed by atoms with Gasteiger partial charge in [0.2, 0.25) is 11.8 Å². The van der Waals surface area contributed by atoms with Crippen LogP contribution in [-0.2, 0) is 23.2 Å². The van der Waals surface area contributed by atoms with Crippen LogP contribution in [0, 0.1) is 24.1 Å². The monoisotopic (exact) mass is 736 g/mol. The molecule has 6 aromatic rings. The molecule has 3 aromatic carbocycles. The lowest BCUT2D eigenvalue weighted by Crippen LogP contribution is -2.49. The average Bonchev–Trinajstić information content (AvgIpc) is 3.80. The van der Waals surface area contributed by atoms with Crippen LogP contribution in [0.15, 0.2) is 94.0 Å². The smallest absolute Gasteiger partial charge is 0.352 e. The maximum absolute atomic E-state index is 15.1. The molecule has 11 nitrogen and oxygen atoms in total. The number of rotatable bonds is 4. The van der Waals surface area contributed by atoms with E-state index in [0.717, 1.165) is 30.0 Å².